The molecular weight excluding hydrogens is 372 g/mol. The monoisotopic (exact) mass is 396 g/mol. The predicted octanol–water partition coefficient (Wildman–Crippen LogP) is 3.57. The Morgan fingerprint density at radius 2 is 1.93 bits per heavy atom. The van der Waals surface area contributed by atoms with Crippen molar-refractivity contribution in [2.24, 2.45) is 5.41 Å². The maximum absolute atomic E-state index is 12.9. The molecule has 0 spiro atoms. The Bertz CT molecular complexity index is 1100. The second kappa shape index (κ2) is 6.83. The first kappa shape index (κ1) is 18.8. The average molecular weight is 397 g/mol. The van der Waals surface area contributed by atoms with Crippen LogP contribution in [0.1, 0.15) is 43.1 Å². The van der Waals surface area contributed by atoms with Gasteiger partial charge in [0.05, 0.1) is 17.9 Å². The summed E-state index contributed by atoms with van der Waals surface area (Å²) in [6.45, 7) is 6.38. The normalized spacial score (nSPS) is 18.6. The minimum Gasteiger partial charge on any atom is -0.263 e. The lowest BCUT2D eigenvalue weighted by Gasteiger charge is -2.35. The highest BCUT2D eigenvalue weighted by molar-refractivity contribution is 7.89. The van der Waals surface area contributed by atoms with Gasteiger partial charge in [0.2, 0.25) is 10.0 Å². The molecular formula is C21H24N4O2S. The number of rotatable bonds is 4. The SMILES string of the molecule is Cc1ccccc1-n1ncc2c1CC(C)(C)C[C@@H]2NS(=O)(=O)c1cccnc1. The molecule has 146 valence electrons. The first-order valence-electron chi connectivity index (χ1n) is 9.32. The van der Waals surface area contributed by atoms with Crippen molar-refractivity contribution in [2.45, 2.75) is 44.6 Å². The van der Waals surface area contributed by atoms with Gasteiger partial charge in [-0.1, -0.05) is 32.0 Å². The van der Waals surface area contributed by atoms with Crippen LogP contribution in [0.25, 0.3) is 5.69 Å². The molecule has 0 fully saturated rings. The molecule has 2 heterocycles. The fraction of sp³-hybridized carbons (Fsp3) is 0.333. The van der Waals surface area contributed by atoms with Crippen LogP contribution in [0.4, 0.5) is 0 Å². The highest BCUT2D eigenvalue weighted by Gasteiger charge is 2.37. The summed E-state index contributed by atoms with van der Waals surface area (Å²) in [5, 5.41) is 4.62. The molecule has 1 atom stereocenters. The van der Waals surface area contributed by atoms with Crippen molar-refractivity contribution >= 4 is 10.0 Å². The first-order valence-corrected chi connectivity index (χ1v) is 10.8. The van der Waals surface area contributed by atoms with Crippen LogP contribution in [0.3, 0.4) is 0 Å². The number of aryl methyl sites for hydroxylation is 1. The lowest BCUT2D eigenvalue weighted by Crippen LogP contribution is -2.36. The van der Waals surface area contributed by atoms with E-state index in [1.165, 1.54) is 6.20 Å². The number of fused-ring (bicyclic) bond motifs is 1. The minimum absolute atomic E-state index is 0.0599. The van der Waals surface area contributed by atoms with Gasteiger partial charge < -0.3 is 0 Å². The molecule has 0 aliphatic heterocycles. The van der Waals surface area contributed by atoms with Gasteiger partial charge in [0.1, 0.15) is 4.90 Å². The first-order chi connectivity index (χ1) is 13.3. The second-order valence-electron chi connectivity index (χ2n) is 8.15. The van der Waals surface area contributed by atoms with Gasteiger partial charge >= 0.3 is 0 Å². The Kier molecular flexibility index (Phi) is 4.59. The van der Waals surface area contributed by atoms with Crippen LogP contribution in [0.15, 0.2) is 59.9 Å². The fourth-order valence-corrected chi connectivity index (χ4v) is 5.10. The largest absolute Gasteiger partial charge is 0.263 e. The third kappa shape index (κ3) is 3.47. The molecule has 1 aliphatic rings. The molecule has 3 aromatic rings. The van der Waals surface area contributed by atoms with Crippen LogP contribution < -0.4 is 4.72 Å². The van der Waals surface area contributed by atoms with Crippen LogP contribution >= 0.6 is 0 Å². The summed E-state index contributed by atoms with van der Waals surface area (Å²) in [5.74, 6) is 0. The molecule has 7 heteroatoms. The van der Waals surface area contributed by atoms with Crippen LogP contribution in [0.2, 0.25) is 0 Å². The summed E-state index contributed by atoms with van der Waals surface area (Å²) in [4.78, 5) is 4.11. The topological polar surface area (TPSA) is 76.9 Å². The van der Waals surface area contributed by atoms with Gasteiger partial charge in [-0.05, 0) is 48.9 Å². The highest BCUT2D eigenvalue weighted by atomic mass is 32.2. The van der Waals surface area contributed by atoms with Gasteiger partial charge in [-0.15, -0.1) is 0 Å². The molecule has 0 bridgehead atoms. The molecule has 1 aromatic carbocycles. The molecule has 4 rings (SSSR count). The molecule has 2 aromatic heterocycles. The zero-order valence-electron chi connectivity index (χ0n) is 16.3. The summed E-state index contributed by atoms with van der Waals surface area (Å²) < 4.78 is 30.6. The summed E-state index contributed by atoms with van der Waals surface area (Å²) in [7, 11) is -3.67. The summed E-state index contributed by atoms with van der Waals surface area (Å²) in [6.07, 6.45) is 6.27. The van der Waals surface area contributed by atoms with E-state index in [1.807, 2.05) is 22.9 Å². The average Bonchev–Trinajstić information content (AvgIpc) is 3.05. The van der Waals surface area contributed by atoms with Crippen molar-refractivity contribution in [1.82, 2.24) is 19.5 Å². The molecule has 1 aliphatic carbocycles. The Morgan fingerprint density at radius 3 is 2.64 bits per heavy atom. The van der Waals surface area contributed by atoms with Crippen LogP contribution in [0.5, 0.6) is 0 Å². The Morgan fingerprint density at radius 1 is 1.14 bits per heavy atom. The van der Waals surface area contributed by atoms with Crippen LogP contribution in [-0.2, 0) is 16.4 Å². The Balaban J connectivity index is 1.76. The van der Waals surface area contributed by atoms with Gasteiger partial charge in [-0.3, -0.25) is 4.98 Å². The number of nitrogens with one attached hydrogen (secondary N) is 1. The van der Waals surface area contributed by atoms with Gasteiger partial charge in [-0.25, -0.2) is 17.8 Å². The van der Waals surface area contributed by atoms with Crippen molar-refractivity contribution in [1.29, 1.82) is 0 Å². The van der Waals surface area contributed by atoms with E-state index in [1.54, 1.807) is 24.5 Å². The van der Waals surface area contributed by atoms with Gasteiger partial charge in [0, 0.05) is 23.7 Å². The summed E-state index contributed by atoms with van der Waals surface area (Å²) >= 11 is 0. The smallest absolute Gasteiger partial charge is 0.242 e. The van der Waals surface area contributed by atoms with Crippen LogP contribution in [-0.4, -0.2) is 23.2 Å². The Labute approximate surface area is 165 Å². The van der Waals surface area contributed by atoms with E-state index in [-0.39, 0.29) is 16.4 Å². The maximum atomic E-state index is 12.9. The highest BCUT2D eigenvalue weighted by Crippen LogP contribution is 2.42. The Hall–Kier alpha value is -2.51. The van der Waals surface area contributed by atoms with Gasteiger partial charge in [0.15, 0.2) is 0 Å². The number of aromatic nitrogens is 3. The number of hydrogen-bond acceptors (Lipinski definition) is 4. The standard InChI is InChI=1S/C21H24N4O2S/c1-15-7-4-5-9-19(15)25-20-12-21(2,3)11-18(17(20)14-23-25)24-28(26,27)16-8-6-10-22-13-16/h4-10,13-14,18,24H,11-12H2,1-3H3/t18-/m0/s1. The van der Waals surface area contributed by atoms with Crippen molar-refractivity contribution in [2.75, 3.05) is 0 Å². The van der Waals surface area contributed by atoms with E-state index >= 15 is 0 Å². The molecule has 0 unspecified atom stereocenters. The van der Waals surface area contributed by atoms with Gasteiger partial charge in [0.25, 0.3) is 0 Å². The molecule has 0 saturated heterocycles. The number of para-hydroxylation sites is 1. The zero-order valence-corrected chi connectivity index (χ0v) is 17.1. The molecule has 0 saturated carbocycles. The summed E-state index contributed by atoms with van der Waals surface area (Å²) in [6, 6.07) is 10.9. The lowest BCUT2D eigenvalue weighted by molar-refractivity contribution is 0.268. The van der Waals surface area contributed by atoms with Crippen molar-refractivity contribution in [3.63, 3.8) is 0 Å². The van der Waals surface area contributed by atoms with Crippen molar-refractivity contribution < 1.29 is 8.42 Å². The quantitative estimate of drug-likeness (QED) is 0.731. The molecule has 28 heavy (non-hydrogen) atoms. The van der Waals surface area contributed by atoms with E-state index in [2.05, 4.69) is 41.6 Å². The second-order valence-corrected chi connectivity index (χ2v) is 9.87. The third-order valence-corrected chi connectivity index (χ3v) is 6.72. The number of hydrogen-bond donors (Lipinski definition) is 1. The molecule has 0 radical (unpaired) electrons. The molecule has 1 N–H and O–H groups in total. The van der Waals surface area contributed by atoms with E-state index in [4.69, 9.17) is 0 Å². The van der Waals surface area contributed by atoms with Crippen molar-refractivity contribution in [3.8, 4) is 5.69 Å². The number of sulfonamides is 1. The molecule has 6 nitrogen and oxygen atoms in total. The maximum Gasteiger partial charge on any atom is 0.242 e. The van der Waals surface area contributed by atoms with Crippen molar-refractivity contribution in [3.05, 3.63) is 71.8 Å². The third-order valence-electron chi connectivity index (χ3n) is 5.27. The number of nitrogens with zero attached hydrogens (tertiary/aromatic N) is 3. The van der Waals surface area contributed by atoms with Crippen LogP contribution in [0, 0.1) is 12.3 Å². The van der Waals surface area contributed by atoms with E-state index in [0.29, 0.717) is 6.42 Å². The fourth-order valence-electron chi connectivity index (χ4n) is 3.92. The molecule has 0 amide bonds. The summed E-state index contributed by atoms with van der Waals surface area (Å²) in [5.41, 5.74) is 4.09. The number of benzene rings is 1. The van der Waals surface area contributed by atoms with E-state index < -0.39 is 10.0 Å². The van der Waals surface area contributed by atoms with E-state index in [9.17, 15) is 8.42 Å². The number of pyridine rings is 1. The lowest BCUT2D eigenvalue weighted by atomic mass is 9.74. The minimum atomic E-state index is -3.67. The predicted molar refractivity (Wildman–Crippen MR) is 108 cm³/mol. The van der Waals surface area contributed by atoms with E-state index in [0.717, 1.165) is 28.9 Å². The van der Waals surface area contributed by atoms with Gasteiger partial charge in [-0.2, -0.15) is 5.10 Å². The zero-order chi connectivity index (χ0) is 19.9.